The number of rotatable bonds is 6. The van der Waals surface area contributed by atoms with E-state index in [0.717, 1.165) is 0 Å². The zero-order valence-corrected chi connectivity index (χ0v) is 13.5. The molecule has 3 aromatic rings. The maximum absolute atomic E-state index is 12.8. The lowest BCUT2D eigenvalue weighted by Gasteiger charge is -2.20. The van der Waals surface area contributed by atoms with Gasteiger partial charge in [0.2, 0.25) is 6.10 Å². The van der Waals surface area contributed by atoms with E-state index in [1.807, 2.05) is 48.5 Å². The highest BCUT2D eigenvalue weighted by Gasteiger charge is 2.23. The second-order valence-electron chi connectivity index (χ2n) is 5.42. The lowest BCUT2D eigenvalue weighted by Crippen LogP contribution is -2.26. The van der Waals surface area contributed by atoms with E-state index in [4.69, 9.17) is 4.74 Å². The summed E-state index contributed by atoms with van der Waals surface area (Å²) in [5, 5.41) is 2.85. The zero-order valence-electron chi connectivity index (χ0n) is 13.5. The number of anilines is 1. The van der Waals surface area contributed by atoms with Crippen molar-refractivity contribution in [2.75, 3.05) is 5.32 Å². The van der Waals surface area contributed by atoms with Gasteiger partial charge < -0.3 is 10.1 Å². The van der Waals surface area contributed by atoms with E-state index in [1.165, 1.54) is 0 Å². The first-order chi connectivity index (χ1) is 12.3. The third-order valence-corrected chi connectivity index (χ3v) is 3.67. The standard InChI is InChI=1S/C21H17NO3/c23-15-17-11-7-8-14-19(17)25-20(16-9-3-1-4-10-16)21(24)22-18-12-5-2-6-13-18/h1-15,20H,(H,22,24). The molecular formula is C21H17NO3. The van der Waals surface area contributed by atoms with Crippen LogP contribution in [0.3, 0.4) is 0 Å². The molecule has 1 amide bonds. The first-order valence-corrected chi connectivity index (χ1v) is 7.89. The Labute approximate surface area is 146 Å². The Morgan fingerprint density at radius 2 is 1.44 bits per heavy atom. The van der Waals surface area contributed by atoms with E-state index in [1.54, 1.807) is 36.4 Å². The molecule has 0 radical (unpaired) electrons. The number of amides is 1. The maximum Gasteiger partial charge on any atom is 0.270 e. The fraction of sp³-hybridized carbons (Fsp3) is 0.0476. The number of nitrogens with one attached hydrogen (secondary N) is 1. The summed E-state index contributed by atoms with van der Waals surface area (Å²) in [4.78, 5) is 24.0. The minimum Gasteiger partial charge on any atom is -0.475 e. The Morgan fingerprint density at radius 1 is 0.840 bits per heavy atom. The molecule has 0 spiro atoms. The smallest absolute Gasteiger partial charge is 0.270 e. The highest BCUT2D eigenvalue weighted by molar-refractivity contribution is 5.95. The molecule has 0 fully saturated rings. The van der Waals surface area contributed by atoms with E-state index in [9.17, 15) is 9.59 Å². The summed E-state index contributed by atoms with van der Waals surface area (Å²) in [5.74, 6) is 0.0627. The van der Waals surface area contributed by atoms with Gasteiger partial charge in [0.15, 0.2) is 6.29 Å². The minimum atomic E-state index is -0.873. The summed E-state index contributed by atoms with van der Waals surface area (Å²) in [5.41, 5.74) is 1.79. The molecule has 0 saturated carbocycles. The van der Waals surface area contributed by atoms with Gasteiger partial charge in [-0.3, -0.25) is 9.59 Å². The maximum atomic E-state index is 12.8. The molecule has 0 aliphatic heterocycles. The average Bonchev–Trinajstić information content (AvgIpc) is 2.67. The molecule has 0 aromatic heterocycles. The highest BCUT2D eigenvalue weighted by Crippen LogP contribution is 2.26. The quantitative estimate of drug-likeness (QED) is 0.687. The van der Waals surface area contributed by atoms with E-state index in [-0.39, 0.29) is 5.91 Å². The Bertz CT molecular complexity index is 847. The Morgan fingerprint density at radius 3 is 2.12 bits per heavy atom. The highest BCUT2D eigenvalue weighted by atomic mass is 16.5. The van der Waals surface area contributed by atoms with E-state index in [2.05, 4.69) is 5.32 Å². The van der Waals surface area contributed by atoms with Gasteiger partial charge in [0.1, 0.15) is 5.75 Å². The molecule has 0 aliphatic rings. The van der Waals surface area contributed by atoms with E-state index >= 15 is 0 Å². The lowest BCUT2D eigenvalue weighted by atomic mass is 10.1. The second kappa shape index (κ2) is 7.93. The number of carbonyl (C=O) groups is 2. The van der Waals surface area contributed by atoms with Crippen LogP contribution >= 0.6 is 0 Å². The third kappa shape index (κ3) is 4.12. The summed E-state index contributed by atoms with van der Waals surface area (Å²) in [6, 6.07) is 25.2. The molecule has 0 bridgehead atoms. The number of ether oxygens (including phenoxy) is 1. The fourth-order valence-electron chi connectivity index (χ4n) is 2.44. The molecule has 25 heavy (non-hydrogen) atoms. The molecule has 3 rings (SSSR count). The van der Waals surface area contributed by atoms with Gasteiger partial charge >= 0.3 is 0 Å². The van der Waals surface area contributed by atoms with Crippen LogP contribution in [0.4, 0.5) is 5.69 Å². The van der Waals surface area contributed by atoms with E-state index in [0.29, 0.717) is 28.8 Å². The number of aldehydes is 1. The van der Waals surface area contributed by atoms with Crippen molar-refractivity contribution in [1.29, 1.82) is 0 Å². The van der Waals surface area contributed by atoms with Gasteiger partial charge in [-0.1, -0.05) is 60.7 Å². The van der Waals surface area contributed by atoms with Gasteiger partial charge in [0, 0.05) is 11.3 Å². The van der Waals surface area contributed by atoms with Crippen LogP contribution in [0.15, 0.2) is 84.9 Å². The van der Waals surface area contributed by atoms with Gasteiger partial charge in [0.05, 0.1) is 5.56 Å². The lowest BCUT2D eigenvalue weighted by molar-refractivity contribution is -0.123. The van der Waals surface area contributed by atoms with Crippen molar-refractivity contribution in [2.24, 2.45) is 0 Å². The number of carbonyl (C=O) groups excluding carboxylic acids is 2. The molecule has 0 aliphatic carbocycles. The van der Waals surface area contributed by atoms with Crippen LogP contribution in [0, 0.1) is 0 Å². The number of para-hydroxylation sites is 2. The summed E-state index contributed by atoms with van der Waals surface area (Å²) < 4.78 is 5.91. The van der Waals surface area contributed by atoms with Crippen molar-refractivity contribution in [3.63, 3.8) is 0 Å². The monoisotopic (exact) mass is 331 g/mol. The average molecular weight is 331 g/mol. The van der Waals surface area contributed by atoms with Crippen LogP contribution in [0.1, 0.15) is 22.0 Å². The SMILES string of the molecule is O=Cc1ccccc1OC(C(=O)Nc1ccccc1)c1ccccc1. The topological polar surface area (TPSA) is 55.4 Å². The van der Waals surface area contributed by atoms with Gasteiger partial charge in [-0.2, -0.15) is 0 Å². The summed E-state index contributed by atoms with van der Waals surface area (Å²) in [6.45, 7) is 0. The van der Waals surface area contributed by atoms with Crippen molar-refractivity contribution >= 4 is 17.9 Å². The largest absolute Gasteiger partial charge is 0.475 e. The summed E-state index contributed by atoms with van der Waals surface area (Å²) in [6.07, 6.45) is -0.158. The molecule has 124 valence electrons. The molecule has 4 heteroatoms. The molecule has 1 atom stereocenters. The Hall–Kier alpha value is -3.40. The van der Waals surface area contributed by atoms with Crippen molar-refractivity contribution < 1.29 is 14.3 Å². The van der Waals surface area contributed by atoms with Crippen molar-refractivity contribution in [2.45, 2.75) is 6.10 Å². The van der Waals surface area contributed by atoms with Crippen LogP contribution in [-0.2, 0) is 4.79 Å². The van der Waals surface area contributed by atoms with Crippen LogP contribution in [0.5, 0.6) is 5.75 Å². The number of hydrogen-bond donors (Lipinski definition) is 1. The van der Waals surface area contributed by atoms with Gasteiger partial charge in [-0.05, 0) is 24.3 Å². The van der Waals surface area contributed by atoms with Crippen LogP contribution in [0.2, 0.25) is 0 Å². The molecule has 3 aromatic carbocycles. The van der Waals surface area contributed by atoms with E-state index < -0.39 is 6.10 Å². The normalized spacial score (nSPS) is 11.4. The molecule has 4 nitrogen and oxygen atoms in total. The first-order valence-electron chi connectivity index (χ1n) is 7.89. The fourth-order valence-corrected chi connectivity index (χ4v) is 2.44. The molecule has 0 saturated heterocycles. The van der Waals surface area contributed by atoms with Gasteiger partial charge in [0.25, 0.3) is 5.91 Å². The van der Waals surface area contributed by atoms with Crippen LogP contribution < -0.4 is 10.1 Å². The minimum absolute atomic E-state index is 0.307. The molecular weight excluding hydrogens is 314 g/mol. The van der Waals surface area contributed by atoms with Crippen molar-refractivity contribution in [1.82, 2.24) is 0 Å². The van der Waals surface area contributed by atoms with Crippen molar-refractivity contribution in [3.8, 4) is 5.75 Å². The van der Waals surface area contributed by atoms with Gasteiger partial charge in [-0.25, -0.2) is 0 Å². The third-order valence-electron chi connectivity index (χ3n) is 3.67. The Balaban J connectivity index is 1.90. The number of hydrogen-bond acceptors (Lipinski definition) is 3. The van der Waals surface area contributed by atoms with Crippen molar-refractivity contribution in [3.05, 3.63) is 96.1 Å². The zero-order chi connectivity index (χ0) is 17.5. The molecule has 0 heterocycles. The second-order valence-corrected chi connectivity index (χ2v) is 5.42. The molecule has 1 unspecified atom stereocenters. The Kier molecular flexibility index (Phi) is 5.22. The van der Waals surface area contributed by atoms with Crippen LogP contribution in [-0.4, -0.2) is 12.2 Å². The summed E-state index contributed by atoms with van der Waals surface area (Å²) >= 11 is 0. The molecule has 1 N–H and O–H groups in total. The predicted octanol–water partition coefficient (Wildman–Crippen LogP) is 4.26. The van der Waals surface area contributed by atoms with Crippen LogP contribution in [0.25, 0.3) is 0 Å². The summed E-state index contributed by atoms with van der Waals surface area (Å²) in [7, 11) is 0. The number of benzene rings is 3. The predicted molar refractivity (Wildman–Crippen MR) is 96.7 cm³/mol. The first kappa shape index (κ1) is 16.5. The van der Waals surface area contributed by atoms with Gasteiger partial charge in [-0.15, -0.1) is 0 Å².